The molecule has 0 spiro atoms. The van der Waals surface area contributed by atoms with Crippen molar-refractivity contribution in [1.29, 1.82) is 0 Å². The predicted octanol–water partition coefficient (Wildman–Crippen LogP) is 3.25. The van der Waals surface area contributed by atoms with Gasteiger partial charge in [0.15, 0.2) is 0 Å². The number of carbonyl (C=O) groups is 3. The minimum absolute atomic E-state index is 0.0697. The highest BCUT2D eigenvalue weighted by Crippen LogP contribution is 2.41. The number of carboxylic acids is 1. The second kappa shape index (κ2) is 13.3. The molecule has 2 heterocycles. The van der Waals surface area contributed by atoms with Gasteiger partial charge in [-0.1, -0.05) is 37.6 Å². The van der Waals surface area contributed by atoms with Crippen molar-refractivity contribution in [1.82, 2.24) is 9.80 Å². The molecular formula is C31H42N4O5. The highest BCUT2D eigenvalue weighted by molar-refractivity contribution is 5.95. The summed E-state index contributed by atoms with van der Waals surface area (Å²) in [6, 6.07) is 13.3. The molecule has 2 aliphatic rings. The number of anilines is 1. The molecular weight excluding hydrogens is 508 g/mol. The lowest BCUT2D eigenvalue weighted by atomic mass is 9.83. The molecule has 1 fully saturated rings. The maximum Gasteiger partial charge on any atom is 0.308 e. The number of nitrogens with zero attached hydrogens (tertiary/aromatic N) is 3. The van der Waals surface area contributed by atoms with E-state index < -0.39 is 17.9 Å². The zero-order chi connectivity index (χ0) is 28.8. The van der Waals surface area contributed by atoms with E-state index in [-0.39, 0.29) is 24.3 Å². The van der Waals surface area contributed by atoms with Crippen molar-refractivity contribution < 1.29 is 24.2 Å². The third kappa shape index (κ3) is 6.64. The van der Waals surface area contributed by atoms with Gasteiger partial charge in [-0.25, -0.2) is 0 Å². The lowest BCUT2D eigenvalue weighted by Crippen LogP contribution is -2.45. The number of nitrogens with two attached hydrogens (primary N) is 1. The standard InChI is InChI=1S/C31H42N4O5/c1-4-5-13-35(25-8-6-7-22(16-25)18-32)29(37)20-34-19-26(23-9-10-28-24(17-23)12-15-40-28)30(31(38)39)27(34)11-14-33(3)21(2)36/h6-10,16-17,26-27,30H,4-5,11-15,18-20,32H2,1-3H3,(H,38,39)/t26-,27+,30-/m1/s1. The molecule has 0 bridgehead atoms. The van der Waals surface area contributed by atoms with E-state index in [9.17, 15) is 19.5 Å². The summed E-state index contributed by atoms with van der Waals surface area (Å²) in [5.74, 6) is -1.17. The molecule has 0 radical (unpaired) electrons. The molecule has 0 unspecified atom stereocenters. The van der Waals surface area contributed by atoms with Crippen molar-refractivity contribution in [2.75, 3.05) is 44.7 Å². The summed E-state index contributed by atoms with van der Waals surface area (Å²) in [7, 11) is 1.72. The van der Waals surface area contributed by atoms with Gasteiger partial charge in [0.2, 0.25) is 11.8 Å². The normalized spacial score (nSPS) is 20.1. The van der Waals surface area contributed by atoms with Crippen LogP contribution < -0.4 is 15.4 Å². The van der Waals surface area contributed by atoms with E-state index in [0.717, 1.165) is 47.4 Å². The van der Waals surface area contributed by atoms with Crippen LogP contribution in [0.25, 0.3) is 0 Å². The number of aliphatic carboxylic acids is 1. The summed E-state index contributed by atoms with van der Waals surface area (Å²) in [4.78, 5) is 44.0. The average Bonchev–Trinajstić information content (AvgIpc) is 3.56. The number of amides is 2. The van der Waals surface area contributed by atoms with Gasteiger partial charge in [-0.2, -0.15) is 0 Å². The Kier molecular flexibility index (Phi) is 9.81. The Labute approximate surface area is 236 Å². The van der Waals surface area contributed by atoms with Crippen molar-refractivity contribution in [3.63, 3.8) is 0 Å². The zero-order valence-electron chi connectivity index (χ0n) is 23.8. The van der Waals surface area contributed by atoms with Crippen LogP contribution in [0.2, 0.25) is 0 Å². The monoisotopic (exact) mass is 550 g/mol. The summed E-state index contributed by atoms with van der Waals surface area (Å²) in [5.41, 5.74) is 9.67. The average molecular weight is 551 g/mol. The molecule has 2 aromatic carbocycles. The Hall–Kier alpha value is -3.43. The topological polar surface area (TPSA) is 116 Å². The highest BCUT2D eigenvalue weighted by atomic mass is 16.5. The number of carbonyl (C=O) groups excluding carboxylic acids is 2. The van der Waals surface area contributed by atoms with Crippen LogP contribution in [0.3, 0.4) is 0 Å². The van der Waals surface area contributed by atoms with Crippen molar-refractivity contribution in [3.05, 3.63) is 59.2 Å². The Morgan fingerprint density at radius 1 is 1.15 bits per heavy atom. The van der Waals surface area contributed by atoms with Gasteiger partial charge in [-0.15, -0.1) is 0 Å². The molecule has 0 aromatic heterocycles. The van der Waals surface area contributed by atoms with Crippen LogP contribution >= 0.6 is 0 Å². The third-order valence-corrected chi connectivity index (χ3v) is 8.31. The first-order chi connectivity index (χ1) is 19.2. The third-order valence-electron chi connectivity index (χ3n) is 8.31. The van der Waals surface area contributed by atoms with E-state index in [1.54, 1.807) is 16.8 Å². The summed E-state index contributed by atoms with van der Waals surface area (Å²) >= 11 is 0. The van der Waals surface area contributed by atoms with Gasteiger partial charge < -0.3 is 25.4 Å². The molecule has 3 N–H and O–H groups in total. The minimum atomic E-state index is -0.884. The number of benzene rings is 2. The van der Waals surface area contributed by atoms with Gasteiger partial charge in [0.1, 0.15) is 5.75 Å². The molecule has 0 aliphatic carbocycles. The van der Waals surface area contributed by atoms with E-state index in [1.165, 1.54) is 6.92 Å². The minimum Gasteiger partial charge on any atom is -0.493 e. The number of unbranched alkanes of at least 4 members (excludes halogenated alkanes) is 1. The Morgan fingerprint density at radius 3 is 2.65 bits per heavy atom. The maximum atomic E-state index is 13.9. The van der Waals surface area contributed by atoms with E-state index in [1.807, 2.05) is 41.3 Å². The van der Waals surface area contributed by atoms with Gasteiger partial charge in [-0.05, 0) is 47.7 Å². The first-order valence-electron chi connectivity index (χ1n) is 14.3. The number of hydrogen-bond donors (Lipinski definition) is 2. The lowest BCUT2D eigenvalue weighted by Gasteiger charge is -2.31. The molecule has 3 atom stereocenters. The summed E-state index contributed by atoms with van der Waals surface area (Å²) in [6.07, 6.45) is 3.05. The summed E-state index contributed by atoms with van der Waals surface area (Å²) in [5, 5.41) is 10.5. The molecule has 0 saturated carbocycles. The first kappa shape index (κ1) is 29.6. The van der Waals surface area contributed by atoms with Crippen molar-refractivity contribution in [3.8, 4) is 5.75 Å². The Balaban J connectivity index is 1.64. The van der Waals surface area contributed by atoms with E-state index in [2.05, 4.69) is 13.0 Å². The Morgan fingerprint density at radius 2 is 1.95 bits per heavy atom. The van der Waals surface area contributed by atoms with Crippen LogP contribution in [0, 0.1) is 5.92 Å². The number of rotatable bonds is 12. The second-order valence-electron chi connectivity index (χ2n) is 10.9. The quantitative estimate of drug-likeness (QED) is 0.417. The van der Waals surface area contributed by atoms with Crippen molar-refractivity contribution >= 4 is 23.5 Å². The van der Waals surface area contributed by atoms with Gasteiger partial charge in [-0.3, -0.25) is 19.3 Å². The highest BCUT2D eigenvalue weighted by Gasteiger charge is 2.47. The van der Waals surface area contributed by atoms with Crippen LogP contribution in [0.1, 0.15) is 55.7 Å². The predicted molar refractivity (Wildman–Crippen MR) is 154 cm³/mol. The van der Waals surface area contributed by atoms with E-state index in [4.69, 9.17) is 10.5 Å². The fraction of sp³-hybridized carbons (Fsp3) is 0.516. The number of fused-ring (bicyclic) bond motifs is 1. The van der Waals surface area contributed by atoms with E-state index >= 15 is 0 Å². The molecule has 9 nitrogen and oxygen atoms in total. The molecule has 4 rings (SSSR count). The van der Waals surface area contributed by atoms with Gasteiger partial charge >= 0.3 is 5.97 Å². The molecule has 1 saturated heterocycles. The molecule has 40 heavy (non-hydrogen) atoms. The molecule has 2 amide bonds. The molecule has 216 valence electrons. The lowest BCUT2D eigenvalue weighted by molar-refractivity contribution is -0.143. The van der Waals surface area contributed by atoms with Crippen LogP contribution in [0.4, 0.5) is 5.69 Å². The van der Waals surface area contributed by atoms with Crippen LogP contribution in [0.5, 0.6) is 5.75 Å². The van der Waals surface area contributed by atoms with Crippen molar-refractivity contribution in [2.45, 2.75) is 58.0 Å². The zero-order valence-corrected chi connectivity index (χ0v) is 23.8. The first-order valence-corrected chi connectivity index (χ1v) is 14.3. The SMILES string of the molecule is CCCCN(C(=O)CN1C[C@H](c2ccc3c(c2)CCO3)[C@@H](C(=O)O)[C@@H]1CCN(C)C(C)=O)c1cccc(CN)c1. The largest absolute Gasteiger partial charge is 0.493 e. The number of ether oxygens (including phenoxy) is 1. The molecule has 9 heteroatoms. The maximum absolute atomic E-state index is 13.9. The fourth-order valence-corrected chi connectivity index (χ4v) is 5.94. The summed E-state index contributed by atoms with van der Waals surface area (Å²) < 4.78 is 5.67. The fourth-order valence-electron chi connectivity index (χ4n) is 5.94. The van der Waals surface area contributed by atoms with Crippen LogP contribution in [0.15, 0.2) is 42.5 Å². The van der Waals surface area contributed by atoms with Crippen LogP contribution in [-0.2, 0) is 27.3 Å². The van der Waals surface area contributed by atoms with E-state index in [0.29, 0.717) is 39.2 Å². The molecule has 2 aliphatic heterocycles. The Bertz CT molecular complexity index is 1220. The molecule has 2 aromatic rings. The van der Waals surface area contributed by atoms with Gasteiger partial charge in [0.25, 0.3) is 0 Å². The van der Waals surface area contributed by atoms with Crippen molar-refractivity contribution in [2.24, 2.45) is 11.7 Å². The summed E-state index contributed by atoms with van der Waals surface area (Å²) in [6.45, 7) is 6.13. The van der Waals surface area contributed by atoms with Gasteiger partial charge in [0.05, 0.1) is 19.1 Å². The second-order valence-corrected chi connectivity index (χ2v) is 10.9. The number of hydrogen-bond acceptors (Lipinski definition) is 6. The van der Waals surface area contributed by atoms with Crippen LogP contribution in [-0.4, -0.2) is 78.6 Å². The number of carboxylic acid groups (broad SMARTS) is 1. The van der Waals surface area contributed by atoms with Gasteiger partial charge in [0, 0.05) is 64.2 Å². The smallest absolute Gasteiger partial charge is 0.308 e. The number of likely N-dealkylation sites (tertiary alicyclic amines) is 1.